The molecule has 102 valence electrons. The molecule has 1 amide bonds. The molecule has 1 aliphatic heterocycles. The predicted octanol–water partition coefficient (Wildman–Crippen LogP) is 1.89. The van der Waals surface area contributed by atoms with E-state index >= 15 is 0 Å². The van der Waals surface area contributed by atoms with Gasteiger partial charge < -0.3 is 16.2 Å². The van der Waals surface area contributed by atoms with Gasteiger partial charge in [-0.15, -0.1) is 0 Å². The highest BCUT2D eigenvalue weighted by Gasteiger charge is 2.31. The zero-order valence-electron chi connectivity index (χ0n) is 10.3. The zero-order chi connectivity index (χ0) is 14.3. The van der Waals surface area contributed by atoms with Gasteiger partial charge in [0.2, 0.25) is 17.7 Å². The van der Waals surface area contributed by atoms with Crippen LogP contribution in [0.3, 0.4) is 0 Å². The van der Waals surface area contributed by atoms with Crippen molar-refractivity contribution in [2.75, 3.05) is 11.1 Å². The van der Waals surface area contributed by atoms with Crippen LogP contribution in [0.2, 0.25) is 5.02 Å². The Kier molecular flexibility index (Phi) is 2.94. The number of rotatable bonds is 1. The number of nitrogens with two attached hydrogens (primary N) is 1. The second-order valence-corrected chi connectivity index (χ2v) is 4.96. The van der Waals surface area contributed by atoms with Crippen LogP contribution in [0.15, 0.2) is 24.3 Å². The van der Waals surface area contributed by atoms with Gasteiger partial charge in [0.1, 0.15) is 5.82 Å². The van der Waals surface area contributed by atoms with E-state index in [-0.39, 0.29) is 35.9 Å². The molecular weight excluding hydrogens is 280 g/mol. The molecule has 2 heterocycles. The van der Waals surface area contributed by atoms with Crippen LogP contribution in [0, 0.1) is 0 Å². The lowest BCUT2D eigenvalue weighted by Crippen LogP contribution is -2.25. The van der Waals surface area contributed by atoms with E-state index in [2.05, 4.69) is 15.3 Å². The highest BCUT2D eigenvalue weighted by Crippen LogP contribution is 2.40. The minimum absolute atomic E-state index is 0.0849. The number of fused-ring (bicyclic) bond motifs is 1. The molecule has 0 saturated carbocycles. The number of aromatic nitrogens is 2. The molecule has 0 saturated heterocycles. The van der Waals surface area contributed by atoms with Crippen LogP contribution in [0.4, 0.5) is 11.8 Å². The fourth-order valence-electron chi connectivity index (χ4n) is 2.34. The van der Waals surface area contributed by atoms with Gasteiger partial charge >= 0.3 is 0 Å². The average molecular weight is 291 g/mol. The highest BCUT2D eigenvalue weighted by molar-refractivity contribution is 6.30. The van der Waals surface area contributed by atoms with E-state index in [9.17, 15) is 9.90 Å². The molecule has 0 bridgehead atoms. The van der Waals surface area contributed by atoms with Crippen molar-refractivity contribution in [2.24, 2.45) is 0 Å². The number of carbonyl (C=O) groups is 1. The second-order valence-electron chi connectivity index (χ2n) is 4.52. The molecule has 3 rings (SSSR count). The van der Waals surface area contributed by atoms with Crippen molar-refractivity contribution in [3.8, 4) is 5.88 Å². The van der Waals surface area contributed by atoms with Gasteiger partial charge in [0, 0.05) is 17.4 Å². The summed E-state index contributed by atoms with van der Waals surface area (Å²) in [5, 5.41) is 13.2. The number of carbonyl (C=O) groups excluding carboxylic acids is 1. The molecule has 1 aromatic heterocycles. The summed E-state index contributed by atoms with van der Waals surface area (Å²) in [5.74, 6) is -0.552. The lowest BCUT2D eigenvalue weighted by Gasteiger charge is -2.25. The highest BCUT2D eigenvalue weighted by atomic mass is 35.5. The molecular formula is C13H11ClN4O2. The van der Waals surface area contributed by atoms with Crippen molar-refractivity contribution in [3.63, 3.8) is 0 Å². The van der Waals surface area contributed by atoms with E-state index in [1.54, 1.807) is 12.1 Å². The number of aromatic hydroxyl groups is 1. The summed E-state index contributed by atoms with van der Waals surface area (Å²) >= 11 is 5.86. The van der Waals surface area contributed by atoms with Gasteiger partial charge in [-0.1, -0.05) is 23.7 Å². The number of nitrogens with zero attached hydrogens (tertiary/aromatic N) is 2. The molecule has 1 aromatic carbocycles. The van der Waals surface area contributed by atoms with E-state index in [0.717, 1.165) is 5.56 Å². The molecule has 6 nitrogen and oxygen atoms in total. The lowest BCUT2D eigenvalue weighted by atomic mass is 9.86. The lowest BCUT2D eigenvalue weighted by molar-refractivity contribution is -0.116. The van der Waals surface area contributed by atoms with Crippen molar-refractivity contribution >= 4 is 29.3 Å². The maximum Gasteiger partial charge on any atom is 0.226 e. The molecule has 20 heavy (non-hydrogen) atoms. The maximum atomic E-state index is 11.8. The zero-order valence-corrected chi connectivity index (χ0v) is 11.1. The standard InChI is InChI=1S/C13H11ClN4O2/c14-7-3-1-6(2-4-7)8-5-9(19)16-11-10(8)12(20)18-13(15)17-11/h1-4,8H,5H2,(H4,15,16,17,18,19,20). The summed E-state index contributed by atoms with van der Waals surface area (Å²) in [6.45, 7) is 0. The third-order valence-electron chi connectivity index (χ3n) is 3.21. The first-order chi connectivity index (χ1) is 9.54. The van der Waals surface area contributed by atoms with Crippen molar-refractivity contribution in [3.05, 3.63) is 40.4 Å². The third kappa shape index (κ3) is 2.14. The number of amides is 1. The number of nitrogens with one attached hydrogen (secondary N) is 1. The molecule has 0 aliphatic carbocycles. The number of hydrogen-bond donors (Lipinski definition) is 3. The fraction of sp³-hybridized carbons (Fsp3) is 0.154. The summed E-state index contributed by atoms with van der Waals surface area (Å²) in [6.07, 6.45) is 0.204. The van der Waals surface area contributed by atoms with Crippen LogP contribution in [-0.2, 0) is 4.79 Å². The minimum atomic E-state index is -0.323. The molecule has 1 unspecified atom stereocenters. The molecule has 0 radical (unpaired) electrons. The van der Waals surface area contributed by atoms with E-state index < -0.39 is 0 Å². The summed E-state index contributed by atoms with van der Waals surface area (Å²) < 4.78 is 0. The number of nitrogen functional groups attached to an aromatic ring is 1. The first-order valence-corrected chi connectivity index (χ1v) is 6.34. The van der Waals surface area contributed by atoms with Gasteiger partial charge in [-0.05, 0) is 17.7 Å². The predicted molar refractivity (Wildman–Crippen MR) is 74.7 cm³/mol. The topological polar surface area (TPSA) is 101 Å². The molecule has 0 spiro atoms. The van der Waals surface area contributed by atoms with E-state index in [0.29, 0.717) is 10.6 Å². The van der Waals surface area contributed by atoms with E-state index in [1.165, 1.54) is 0 Å². The molecule has 0 fully saturated rings. The average Bonchev–Trinajstić information content (AvgIpc) is 2.37. The van der Waals surface area contributed by atoms with Gasteiger partial charge in [-0.2, -0.15) is 9.97 Å². The number of benzene rings is 1. The first kappa shape index (κ1) is 12.7. The first-order valence-electron chi connectivity index (χ1n) is 5.96. The Morgan fingerprint density at radius 2 is 2.00 bits per heavy atom. The molecule has 1 aliphatic rings. The molecule has 2 aromatic rings. The number of anilines is 2. The maximum absolute atomic E-state index is 11.8. The Bertz CT molecular complexity index is 688. The van der Waals surface area contributed by atoms with Crippen LogP contribution < -0.4 is 11.1 Å². The van der Waals surface area contributed by atoms with Gasteiger partial charge in [-0.25, -0.2) is 0 Å². The van der Waals surface area contributed by atoms with Crippen LogP contribution in [0.1, 0.15) is 23.5 Å². The van der Waals surface area contributed by atoms with Crippen LogP contribution in [0.25, 0.3) is 0 Å². The van der Waals surface area contributed by atoms with E-state index in [4.69, 9.17) is 17.3 Å². The molecule has 7 heteroatoms. The molecule has 4 N–H and O–H groups in total. The summed E-state index contributed by atoms with van der Waals surface area (Å²) in [4.78, 5) is 19.5. The fourth-order valence-corrected chi connectivity index (χ4v) is 2.47. The quantitative estimate of drug-likeness (QED) is 0.744. The van der Waals surface area contributed by atoms with Crippen molar-refractivity contribution in [1.82, 2.24) is 9.97 Å². The smallest absolute Gasteiger partial charge is 0.226 e. The summed E-state index contributed by atoms with van der Waals surface area (Å²) in [6, 6.07) is 7.09. The Morgan fingerprint density at radius 3 is 2.70 bits per heavy atom. The second kappa shape index (κ2) is 4.64. The van der Waals surface area contributed by atoms with Gasteiger partial charge in [0.05, 0.1) is 5.56 Å². The number of hydrogen-bond acceptors (Lipinski definition) is 5. The van der Waals surface area contributed by atoms with Crippen molar-refractivity contribution in [2.45, 2.75) is 12.3 Å². The Balaban J connectivity index is 2.14. The molecule has 1 atom stereocenters. The van der Waals surface area contributed by atoms with Gasteiger partial charge in [0.25, 0.3) is 0 Å². The van der Waals surface area contributed by atoms with Crippen molar-refractivity contribution in [1.29, 1.82) is 0 Å². The summed E-state index contributed by atoms with van der Waals surface area (Å²) in [5.41, 5.74) is 6.81. The van der Waals surface area contributed by atoms with Crippen LogP contribution >= 0.6 is 11.6 Å². The van der Waals surface area contributed by atoms with Crippen LogP contribution in [-0.4, -0.2) is 21.0 Å². The van der Waals surface area contributed by atoms with Gasteiger partial charge in [0.15, 0.2) is 0 Å². The third-order valence-corrected chi connectivity index (χ3v) is 3.46. The van der Waals surface area contributed by atoms with E-state index in [1.807, 2.05) is 12.1 Å². The van der Waals surface area contributed by atoms with Crippen molar-refractivity contribution < 1.29 is 9.90 Å². The Labute approximate surface area is 119 Å². The monoisotopic (exact) mass is 290 g/mol. The Hall–Kier alpha value is -2.34. The minimum Gasteiger partial charge on any atom is -0.493 e. The SMILES string of the molecule is Nc1nc(O)c2c(n1)NC(=O)CC2c1ccc(Cl)cc1. The van der Waals surface area contributed by atoms with Gasteiger partial charge in [-0.3, -0.25) is 4.79 Å². The normalized spacial score (nSPS) is 17.4. The Morgan fingerprint density at radius 1 is 1.30 bits per heavy atom. The summed E-state index contributed by atoms with van der Waals surface area (Å²) in [7, 11) is 0. The largest absolute Gasteiger partial charge is 0.493 e. The number of halogens is 1. The van der Waals surface area contributed by atoms with Crippen LogP contribution in [0.5, 0.6) is 5.88 Å².